The molecule has 1 unspecified atom stereocenters. The van der Waals surface area contributed by atoms with Crippen molar-refractivity contribution in [2.75, 3.05) is 0 Å². The summed E-state index contributed by atoms with van der Waals surface area (Å²) in [5.74, 6) is 0.143. The Balaban J connectivity index is 2.68. The van der Waals surface area contributed by atoms with E-state index < -0.39 is 5.60 Å². The van der Waals surface area contributed by atoms with Crippen molar-refractivity contribution in [3.8, 4) is 0 Å². The van der Waals surface area contributed by atoms with Crippen molar-refractivity contribution >= 4 is 0 Å². The molecular formula is C9H17N3O2. The third kappa shape index (κ3) is 2.52. The van der Waals surface area contributed by atoms with Crippen molar-refractivity contribution in [3.05, 3.63) is 11.9 Å². The molecular weight excluding hydrogens is 182 g/mol. The maximum atomic E-state index is 9.98. The van der Waals surface area contributed by atoms with E-state index in [0.29, 0.717) is 12.2 Å². The molecule has 14 heavy (non-hydrogen) atoms. The van der Waals surface area contributed by atoms with Crippen LogP contribution in [0.5, 0.6) is 0 Å². The minimum absolute atomic E-state index is 0.121. The van der Waals surface area contributed by atoms with E-state index in [-0.39, 0.29) is 12.5 Å². The SMILES string of the molecule is CC(C)C(C)(O)Cn1cc(CO)nn1. The van der Waals surface area contributed by atoms with Crippen molar-refractivity contribution in [3.63, 3.8) is 0 Å². The van der Waals surface area contributed by atoms with Gasteiger partial charge in [0, 0.05) is 0 Å². The van der Waals surface area contributed by atoms with Gasteiger partial charge in [0.25, 0.3) is 0 Å². The Morgan fingerprint density at radius 3 is 2.64 bits per heavy atom. The Bertz CT molecular complexity index is 294. The fourth-order valence-electron chi connectivity index (χ4n) is 0.999. The molecule has 1 aromatic rings. The zero-order valence-corrected chi connectivity index (χ0v) is 8.80. The van der Waals surface area contributed by atoms with Crippen LogP contribution in [0.1, 0.15) is 26.5 Å². The van der Waals surface area contributed by atoms with Crippen LogP contribution in [0.15, 0.2) is 6.20 Å². The second-order valence-electron chi connectivity index (χ2n) is 4.08. The van der Waals surface area contributed by atoms with Crippen LogP contribution in [0.2, 0.25) is 0 Å². The summed E-state index contributed by atoms with van der Waals surface area (Å²) in [7, 11) is 0. The first-order chi connectivity index (χ1) is 6.45. The summed E-state index contributed by atoms with van der Waals surface area (Å²) in [5, 5.41) is 26.3. The third-order valence-electron chi connectivity index (χ3n) is 2.47. The number of rotatable bonds is 4. The Hall–Kier alpha value is -0.940. The first-order valence-electron chi connectivity index (χ1n) is 4.68. The van der Waals surface area contributed by atoms with Crippen LogP contribution in [0.3, 0.4) is 0 Å². The summed E-state index contributed by atoms with van der Waals surface area (Å²) in [6, 6.07) is 0. The minimum Gasteiger partial charge on any atom is -0.390 e. The van der Waals surface area contributed by atoms with Crippen molar-refractivity contribution in [1.82, 2.24) is 15.0 Å². The predicted octanol–water partition coefficient (Wildman–Crippen LogP) is 0.177. The Morgan fingerprint density at radius 1 is 1.57 bits per heavy atom. The number of hydrogen-bond donors (Lipinski definition) is 2. The van der Waals surface area contributed by atoms with Gasteiger partial charge in [0.2, 0.25) is 0 Å². The molecule has 0 aliphatic heterocycles. The van der Waals surface area contributed by atoms with Crippen molar-refractivity contribution < 1.29 is 10.2 Å². The van der Waals surface area contributed by atoms with E-state index in [9.17, 15) is 5.11 Å². The topological polar surface area (TPSA) is 71.2 Å². The van der Waals surface area contributed by atoms with Crippen LogP contribution < -0.4 is 0 Å². The highest BCUT2D eigenvalue weighted by molar-refractivity contribution is 4.90. The van der Waals surface area contributed by atoms with Gasteiger partial charge in [0.05, 0.1) is 24.9 Å². The quantitative estimate of drug-likeness (QED) is 0.725. The average Bonchev–Trinajstić information content (AvgIpc) is 2.51. The molecule has 1 aromatic heterocycles. The van der Waals surface area contributed by atoms with Crippen LogP contribution in [-0.4, -0.2) is 30.8 Å². The van der Waals surface area contributed by atoms with E-state index in [0.717, 1.165) is 0 Å². The Labute approximate surface area is 83.4 Å². The largest absolute Gasteiger partial charge is 0.390 e. The second-order valence-corrected chi connectivity index (χ2v) is 4.08. The zero-order chi connectivity index (χ0) is 10.8. The van der Waals surface area contributed by atoms with Gasteiger partial charge in [-0.2, -0.15) is 0 Å². The molecule has 0 spiro atoms. The van der Waals surface area contributed by atoms with Crippen molar-refractivity contribution in [2.24, 2.45) is 5.92 Å². The summed E-state index contributed by atoms with van der Waals surface area (Å²) in [6.07, 6.45) is 1.64. The molecule has 0 saturated carbocycles. The maximum absolute atomic E-state index is 9.98. The first kappa shape index (κ1) is 11.1. The molecule has 1 heterocycles. The highest BCUT2D eigenvalue weighted by atomic mass is 16.3. The molecule has 0 aromatic carbocycles. The van der Waals surface area contributed by atoms with E-state index in [1.165, 1.54) is 0 Å². The van der Waals surface area contributed by atoms with Gasteiger partial charge in [0.1, 0.15) is 5.69 Å². The molecule has 5 heteroatoms. The fourth-order valence-corrected chi connectivity index (χ4v) is 0.999. The first-order valence-corrected chi connectivity index (χ1v) is 4.68. The van der Waals surface area contributed by atoms with Crippen LogP contribution in [0.25, 0.3) is 0 Å². The van der Waals surface area contributed by atoms with Crippen molar-refractivity contribution in [1.29, 1.82) is 0 Å². The van der Waals surface area contributed by atoms with Crippen LogP contribution >= 0.6 is 0 Å². The number of nitrogens with zero attached hydrogens (tertiary/aromatic N) is 3. The Kier molecular flexibility index (Phi) is 3.23. The lowest BCUT2D eigenvalue weighted by Gasteiger charge is -2.26. The van der Waals surface area contributed by atoms with Crippen LogP contribution in [0, 0.1) is 5.92 Å². The number of aliphatic hydroxyl groups is 2. The molecule has 0 bridgehead atoms. The lowest BCUT2D eigenvalue weighted by Crippen LogP contribution is -2.36. The molecule has 0 saturated heterocycles. The number of aromatic nitrogens is 3. The van der Waals surface area contributed by atoms with Gasteiger partial charge >= 0.3 is 0 Å². The van der Waals surface area contributed by atoms with E-state index in [4.69, 9.17) is 5.11 Å². The lowest BCUT2D eigenvalue weighted by molar-refractivity contribution is -0.00612. The lowest BCUT2D eigenvalue weighted by atomic mass is 9.93. The van der Waals surface area contributed by atoms with Gasteiger partial charge in [-0.25, -0.2) is 4.68 Å². The average molecular weight is 199 g/mol. The van der Waals surface area contributed by atoms with Gasteiger partial charge in [0.15, 0.2) is 0 Å². The molecule has 0 radical (unpaired) electrons. The highest BCUT2D eigenvalue weighted by Crippen LogP contribution is 2.17. The molecule has 0 aliphatic rings. The molecule has 1 atom stereocenters. The fraction of sp³-hybridized carbons (Fsp3) is 0.778. The van der Waals surface area contributed by atoms with Gasteiger partial charge in [-0.05, 0) is 12.8 Å². The standard InChI is InChI=1S/C9H17N3O2/c1-7(2)9(3,14)6-12-4-8(5-13)10-11-12/h4,7,13-14H,5-6H2,1-3H3. The molecule has 0 fully saturated rings. The summed E-state index contributed by atoms with van der Waals surface area (Å²) in [4.78, 5) is 0. The molecule has 80 valence electrons. The van der Waals surface area contributed by atoms with Gasteiger partial charge in [-0.1, -0.05) is 19.1 Å². The van der Waals surface area contributed by atoms with E-state index in [1.54, 1.807) is 17.8 Å². The normalized spacial score (nSPS) is 15.9. The zero-order valence-electron chi connectivity index (χ0n) is 8.80. The highest BCUT2D eigenvalue weighted by Gasteiger charge is 2.25. The summed E-state index contributed by atoms with van der Waals surface area (Å²) >= 11 is 0. The van der Waals surface area contributed by atoms with Crippen molar-refractivity contribution in [2.45, 2.75) is 39.5 Å². The predicted molar refractivity (Wildman–Crippen MR) is 51.4 cm³/mol. The molecule has 2 N–H and O–H groups in total. The summed E-state index contributed by atoms with van der Waals surface area (Å²) in [5.41, 5.74) is -0.287. The molecule has 0 amide bonds. The Morgan fingerprint density at radius 2 is 2.21 bits per heavy atom. The van der Waals surface area contributed by atoms with Gasteiger partial charge in [-0.15, -0.1) is 5.10 Å². The van der Waals surface area contributed by atoms with Gasteiger partial charge < -0.3 is 10.2 Å². The van der Waals surface area contributed by atoms with E-state index >= 15 is 0 Å². The minimum atomic E-state index is -0.805. The third-order valence-corrected chi connectivity index (χ3v) is 2.47. The van der Waals surface area contributed by atoms with Crippen LogP contribution in [-0.2, 0) is 13.2 Å². The summed E-state index contributed by atoms with van der Waals surface area (Å²) < 4.78 is 1.55. The molecule has 1 rings (SSSR count). The maximum Gasteiger partial charge on any atom is 0.108 e. The smallest absolute Gasteiger partial charge is 0.108 e. The molecule has 5 nitrogen and oxygen atoms in total. The number of hydrogen-bond acceptors (Lipinski definition) is 4. The number of aliphatic hydroxyl groups excluding tert-OH is 1. The van der Waals surface area contributed by atoms with E-state index in [1.807, 2.05) is 13.8 Å². The molecule has 0 aliphatic carbocycles. The monoisotopic (exact) mass is 199 g/mol. The van der Waals surface area contributed by atoms with Gasteiger partial charge in [-0.3, -0.25) is 0 Å². The van der Waals surface area contributed by atoms with E-state index in [2.05, 4.69) is 10.3 Å². The summed E-state index contributed by atoms with van der Waals surface area (Å²) in [6.45, 7) is 5.92. The van der Waals surface area contributed by atoms with Crippen LogP contribution in [0.4, 0.5) is 0 Å². The second kappa shape index (κ2) is 4.06.